The zero-order valence-corrected chi connectivity index (χ0v) is 53.8. The molecule has 0 aromatic heterocycles. The Balaban J connectivity index is 3.42. The molecule has 0 bridgehead atoms. The van der Waals surface area contributed by atoms with Crippen molar-refractivity contribution in [2.24, 2.45) is 11.8 Å². The fourth-order valence-electron chi connectivity index (χ4n) is 12.7. The number of hydrogen-bond acceptors (Lipinski definition) is 3. The van der Waals surface area contributed by atoms with E-state index in [0.717, 1.165) is 25.7 Å². The summed E-state index contributed by atoms with van der Waals surface area (Å²) in [5.41, 5.74) is 0. The van der Waals surface area contributed by atoms with Crippen LogP contribution in [0.2, 0.25) is 0 Å². The molecule has 0 amide bonds. The Kier molecular flexibility index (Phi) is 65.7. The molecule has 2 N–H and O–H groups in total. The Morgan fingerprint density at radius 3 is 0.675 bits per heavy atom. The summed E-state index contributed by atoms with van der Waals surface area (Å²) in [5.74, 6) is -0.676. The maximum atomic E-state index is 11.9. The first-order valence-corrected chi connectivity index (χ1v) is 36.4. The van der Waals surface area contributed by atoms with Crippen LogP contribution in [-0.4, -0.2) is 35.5 Å². The van der Waals surface area contributed by atoms with Gasteiger partial charge in [0.15, 0.2) is 0 Å². The van der Waals surface area contributed by atoms with Crippen LogP contribution in [0.4, 0.5) is 0 Å². The fraction of sp³-hybridized carbons (Fsp3) is 0.986. The third kappa shape index (κ3) is 59.8. The molecule has 0 heterocycles. The molecular formula is C73H146O4. The van der Waals surface area contributed by atoms with Crippen LogP contribution in [-0.2, 0) is 9.53 Å². The molecule has 0 fully saturated rings. The quantitative estimate of drug-likeness (QED) is 0.0596. The lowest BCUT2D eigenvalue weighted by Gasteiger charge is -2.22. The van der Waals surface area contributed by atoms with E-state index in [1.54, 1.807) is 0 Å². The number of unbranched alkanes of at least 4 members (excludes halogenated alkanes) is 57. The van der Waals surface area contributed by atoms with Gasteiger partial charge in [-0.1, -0.05) is 406 Å². The molecule has 0 radical (unpaired) electrons. The maximum Gasteiger partial charge on any atom is 0.309 e. The van der Waals surface area contributed by atoms with Crippen LogP contribution in [0.15, 0.2) is 0 Å². The maximum absolute atomic E-state index is 11.9. The predicted molar refractivity (Wildman–Crippen MR) is 344 cm³/mol. The first-order valence-electron chi connectivity index (χ1n) is 36.4. The molecule has 0 aliphatic heterocycles. The molecule has 77 heavy (non-hydrogen) atoms. The molecule has 0 aliphatic rings. The summed E-state index contributed by atoms with van der Waals surface area (Å²) in [6.45, 7) is 7.04. The Bertz CT molecular complexity index is 1080. The first kappa shape index (κ1) is 76.4. The number of rotatable bonds is 69. The summed E-state index contributed by atoms with van der Waals surface area (Å²) in [6.07, 6.45) is 86.8. The van der Waals surface area contributed by atoms with Crippen molar-refractivity contribution in [3.63, 3.8) is 0 Å². The van der Waals surface area contributed by atoms with Crippen molar-refractivity contribution in [1.82, 2.24) is 0 Å². The highest BCUT2D eigenvalue weighted by atomic mass is 16.5. The standard InChI is InChI=1S/C73H146O4/c1-5-7-9-11-13-15-17-19-21-22-23-32-35-38-42-46-50-54-58-62-66-70(73(75)76)71(74)67-63-59-55-51-47-43-39-36-33-30-28-26-24-25-27-29-31-34-37-40-44-48-52-56-60-64-68-72(77-4)69(3)65-61-57-53-49-45-41-20-18-16-14-12-10-8-6-2/h69-72,74H,5-68H2,1-4H3,(H,75,76). The van der Waals surface area contributed by atoms with E-state index in [2.05, 4.69) is 20.8 Å². The summed E-state index contributed by atoms with van der Waals surface area (Å²) in [4.78, 5) is 11.9. The molecule has 0 saturated carbocycles. The van der Waals surface area contributed by atoms with E-state index in [1.807, 2.05) is 7.11 Å². The molecular weight excluding hydrogens is 941 g/mol. The van der Waals surface area contributed by atoms with Gasteiger partial charge >= 0.3 is 5.97 Å². The van der Waals surface area contributed by atoms with Crippen LogP contribution < -0.4 is 0 Å². The Morgan fingerprint density at radius 2 is 0.468 bits per heavy atom. The van der Waals surface area contributed by atoms with Gasteiger partial charge in [-0.15, -0.1) is 0 Å². The van der Waals surface area contributed by atoms with E-state index in [1.165, 1.54) is 372 Å². The second-order valence-electron chi connectivity index (χ2n) is 25.9. The molecule has 4 atom stereocenters. The van der Waals surface area contributed by atoms with Gasteiger partial charge in [-0.2, -0.15) is 0 Å². The largest absolute Gasteiger partial charge is 0.481 e. The monoisotopic (exact) mass is 1090 g/mol. The van der Waals surface area contributed by atoms with Crippen molar-refractivity contribution in [3.8, 4) is 0 Å². The summed E-state index contributed by atoms with van der Waals surface area (Å²) in [5, 5.41) is 20.5. The second-order valence-corrected chi connectivity index (χ2v) is 25.9. The lowest BCUT2D eigenvalue weighted by molar-refractivity contribution is -0.146. The lowest BCUT2D eigenvalue weighted by atomic mass is 9.91. The van der Waals surface area contributed by atoms with E-state index in [-0.39, 0.29) is 0 Å². The van der Waals surface area contributed by atoms with Crippen LogP contribution in [0.5, 0.6) is 0 Å². The molecule has 0 aromatic rings. The summed E-state index contributed by atoms with van der Waals surface area (Å²) in [6, 6.07) is 0. The average molecular weight is 1090 g/mol. The summed E-state index contributed by atoms with van der Waals surface area (Å²) >= 11 is 0. The minimum Gasteiger partial charge on any atom is -0.481 e. The predicted octanol–water partition coefficient (Wildman–Crippen LogP) is 25.7. The molecule has 4 heteroatoms. The molecule has 0 spiro atoms. The van der Waals surface area contributed by atoms with Gasteiger partial charge in [-0.25, -0.2) is 0 Å². The number of hydrogen-bond donors (Lipinski definition) is 2. The molecule has 0 aliphatic carbocycles. The summed E-state index contributed by atoms with van der Waals surface area (Å²) < 4.78 is 5.96. The van der Waals surface area contributed by atoms with Crippen LogP contribution in [0, 0.1) is 11.8 Å². The second kappa shape index (κ2) is 66.2. The number of ether oxygens (including phenoxy) is 1. The van der Waals surface area contributed by atoms with Crippen molar-refractivity contribution < 1.29 is 19.7 Å². The molecule has 0 saturated heterocycles. The van der Waals surface area contributed by atoms with Gasteiger partial charge < -0.3 is 14.9 Å². The minimum atomic E-state index is -0.801. The topological polar surface area (TPSA) is 66.8 Å². The van der Waals surface area contributed by atoms with Gasteiger partial charge in [-0.05, 0) is 31.6 Å². The van der Waals surface area contributed by atoms with E-state index in [9.17, 15) is 15.0 Å². The highest BCUT2D eigenvalue weighted by Crippen LogP contribution is 2.25. The molecule has 0 aromatic carbocycles. The third-order valence-electron chi connectivity index (χ3n) is 18.3. The highest BCUT2D eigenvalue weighted by molar-refractivity contribution is 5.70. The highest BCUT2D eigenvalue weighted by Gasteiger charge is 2.25. The normalized spacial score (nSPS) is 13.4. The van der Waals surface area contributed by atoms with Crippen LogP contribution in [0.3, 0.4) is 0 Å². The van der Waals surface area contributed by atoms with Crippen LogP contribution in [0.1, 0.15) is 432 Å². The lowest BCUT2D eigenvalue weighted by Crippen LogP contribution is -2.28. The Morgan fingerprint density at radius 1 is 0.286 bits per heavy atom. The van der Waals surface area contributed by atoms with Crippen LogP contribution >= 0.6 is 0 Å². The van der Waals surface area contributed by atoms with Gasteiger partial charge in [0.1, 0.15) is 0 Å². The number of carbonyl (C=O) groups is 1. The third-order valence-corrected chi connectivity index (χ3v) is 18.3. The molecule has 4 nitrogen and oxygen atoms in total. The van der Waals surface area contributed by atoms with Crippen molar-refractivity contribution in [2.75, 3.05) is 7.11 Å². The smallest absolute Gasteiger partial charge is 0.309 e. The Hall–Kier alpha value is -0.610. The van der Waals surface area contributed by atoms with Crippen molar-refractivity contribution in [1.29, 1.82) is 0 Å². The number of aliphatic hydroxyl groups is 1. The van der Waals surface area contributed by atoms with Crippen LogP contribution in [0.25, 0.3) is 0 Å². The van der Waals surface area contributed by atoms with E-state index < -0.39 is 18.0 Å². The SMILES string of the molecule is CCCCCCCCCCCCCCCCCCCCCCC(C(=O)O)C(O)CCCCCCCCCCCCCCCCCCCCCCCCCCCCC(OC)C(C)CCCCCCCCCCCCCCCC. The molecule has 0 rings (SSSR count). The summed E-state index contributed by atoms with van der Waals surface area (Å²) in [7, 11) is 1.95. The van der Waals surface area contributed by atoms with Crippen molar-refractivity contribution in [3.05, 3.63) is 0 Å². The first-order chi connectivity index (χ1) is 38.0. The van der Waals surface area contributed by atoms with Gasteiger partial charge in [0, 0.05) is 7.11 Å². The number of methoxy groups -OCH3 is 1. The Labute approximate surface area is 486 Å². The number of aliphatic carboxylic acids is 1. The molecule has 4 unspecified atom stereocenters. The average Bonchev–Trinajstić information content (AvgIpc) is 3.42. The molecule has 462 valence electrons. The van der Waals surface area contributed by atoms with E-state index in [0.29, 0.717) is 24.9 Å². The fourth-order valence-corrected chi connectivity index (χ4v) is 12.7. The zero-order chi connectivity index (χ0) is 55.8. The van der Waals surface area contributed by atoms with Gasteiger partial charge in [0.25, 0.3) is 0 Å². The van der Waals surface area contributed by atoms with Gasteiger partial charge in [-0.3, -0.25) is 4.79 Å². The van der Waals surface area contributed by atoms with E-state index >= 15 is 0 Å². The minimum absolute atomic E-state index is 0.466. The van der Waals surface area contributed by atoms with Crippen molar-refractivity contribution >= 4 is 5.97 Å². The van der Waals surface area contributed by atoms with Crippen molar-refractivity contribution in [2.45, 2.75) is 444 Å². The number of carboxylic acid groups (broad SMARTS) is 1. The zero-order valence-electron chi connectivity index (χ0n) is 53.8. The van der Waals surface area contributed by atoms with Gasteiger partial charge in [0.2, 0.25) is 0 Å². The van der Waals surface area contributed by atoms with Gasteiger partial charge in [0.05, 0.1) is 18.1 Å². The number of carboxylic acids is 1. The van der Waals surface area contributed by atoms with E-state index in [4.69, 9.17) is 4.74 Å². The number of aliphatic hydroxyl groups excluding tert-OH is 1.